The molecule has 6 heteroatoms. The molecule has 3 nitrogen and oxygen atoms in total. The van der Waals surface area contributed by atoms with Crippen LogP contribution in [0.3, 0.4) is 0 Å². The Labute approximate surface area is 102 Å². The van der Waals surface area contributed by atoms with E-state index in [1.165, 1.54) is 0 Å². The van der Waals surface area contributed by atoms with Gasteiger partial charge in [-0.05, 0) is 37.0 Å². The lowest BCUT2D eigenvalue weighted by atomic mass is 10.1. The van der Waals surface area contributed by atoms with E-state index in [4.69, 9.17) is 10.5 Å². The van der Waals surface area contributed by atoms with Crippen LogP contribution in [-0.4, -0.2) is 12.6 Å². The zero-order valence-corrected chi connectivity index (χ0v) is 9.46. The van der Waals surface area contributed by atoms with Crippen LogP contribution in [0.15, 0.2) is 18.2 Å². The van der Waals surface area contributed by atoms with E-state index in [0.29, 0.717) is 12.5 Å². The summed E-state index contributed by atoms with van der Waals surface area (Å²) in [4.78, 5) is 11.6. The van der Waals surface area contributed by atoms with Crippen LogP contribution in [0.2, 0.25) is 0 Å². The van der Waals surface area contributed by atoms with Gasteiger partial charge in [0, 0.05) is 5.69 Å². The van der Waals surface area contributed by atoms with Gasteiger partial charge in [-0.1, -0.05) is 0 Å². The summed E-state index contributed by atoms with van der Waals surface area (Å²) in [5.74, 6) is -0.280. The standard InChI is InChI=1S/C12H12F3NO2/c13-12(14,15)8-3-4-9(10(16)5-8)11(17)18-6-7-1-2-7/h3-5,7H,1-2,6,16H2. The molecule has 0 amide bonds. The monoisotopic (exact) mass is 259 g/mol. The Morgan fingerprint density at radius 3 is 2.56 bits per heavy atom. The van der Waals surface area contributed by atoms with Crippen molar-refractivity contribution < 1.29 is 22.7 Å². The Kier molecular flexibility index (Phi) is 3.19. The molecule has 0 atom stereocenters. The van der Waals surface area contributed by atoms with Crippen molar-refractivity contribution >= 4 is 11.7 Å². The van der Waals surface area contributed by atoms with Crippen LogP contribution < -0.4 is 5.73 Å². The first-order chi connectivity index (χ1) is 8.38. The lowest BCUT2D eigenvalue weighted by Gasteiger charge is -2.10. The summed E-state index contributed by atoms with van der Waals surface area (Å²) in [6.45, 7) is 0.305. The number of nitrogens with two attached hydrogens (primary N) is 1. The molecule has 0 aromatic heterocycles. The molecule has 0 bridgehead atoms. The van der Waals surface area contributed by atoms with Crippen molar-refractivity contribution in [3.8, 4) is 0 Å². The Hall–Kier alpha value is -1.72. The third kappa shape index (κ3) is 2.94. The topological polar surface area (TPSA) is 52.3 Å². The van der Waals surface area contributed by atoms with Gasteiger partial charge in [-0.2, -0.15) is 13.2 Å². The quantitative estimate of drug-likeness (QED) is 0.670. The van der Waals surface area contributed by atoms with Gasteiger partial charge >= 0.3 is 12.1 Å². The second kappa shape index (κ2) is 4.51. The summed E-state index contributed by atoms with van der Waals surface area (Å²) in [6.07, 6.45) is -2.42. The first kappa shape index (κ1) is 12.7. The number of alkyl halides is 3. The fourth-order valence-electron chi connectivity index (χ4n) is 1.48. The van der Waals surface area contributed by atoms with Gasteiger partial charge in [-0.15, -0.1) is 0 Å². The first-order valence-electron chi connectivity index (χ1n) is 5.52. The Balaban J connectivity index is 2.10. The largest absolute Gasteiger partial charge is 0.462 e. The van der Waals surface area contributed by atoms with Gasteiger partial charge in [-0.3, -0.25) is 0 Å². The highest BCUT2D eigenvalue weighted by Gasteiger charge is 2.31. The molecule has 0 spiro atoms. The van der Waals surface area contributed by atoms with Crippen LogP contribution in [0.25, 0.3) is 0 Å². The van der Waals surface area contributed by atoms with Crippen LogP contribution >= 0.6 is 0 Å². The molecule has 98 valence electrons. The molecular weight excluding hydrogens is 247 g/mol. The number of rotatable bonds is 3. The average Bonchev–Trinajstić information content (AvgIpc) is 3.08. The van der Waals surface area contributed by atoms with Crippen LogP contribution in [-0.2, 0) is 10.9 Å². The number of benzene rings is 1. The number of esters is 1. The molecule has 0 saturated heterocycles. The molecule has 1 saturated carbocycles. The first-order valence-corrected chi connectivity index (χ1v) is 5.52. The summed E-state index contributed by atoms with van der Waals surface area (Å²) in [5.41, 5.74) is 4.32. The van der Waals surface area contributed by atoms with Crippen LogP contribution in [0, 0.1) is 5.92 Å². The van der Waals surface area contributed by atoms with Crippen molar-refractivity contribution in [2.75, 3.05) is 12.3 Å². The van der Waals surface area contributed by atoms with Gasteiger partial charge < -0.3 is 10.5 Å². The van der Waals surface area contributed by atoms with E-state index in [1.807, 2.05) is 0 Å². The van der Waals surface area contributed by atoms with Crippen LogP contribution in [0.4, 0.5) is 18.9 Å². The molecule has 1 aliphatic carbocycles. The molecule has 18 heavy (non-hydrogen) atoms. The van der Waals surface area contributed by atoms with E-state index in [-0.39, 0.29) is 11.3 Å². The second-order valence-corrected chi connectivity index (χ2v) is 4.34. The van der Waals surface area contributed by atoms with Crippen LogP contribution in [0.5, 0.6) is 0 Å². The minimum Gasteiger partial charge on any atom is -0.462 e. The molecule has 0 radical (unpaired) electrons. The fraction of sp³-hybridized carbons (Fsp3) is 0.417. The molecule has 0 unspecified atom stereocenters. The molecule has 1 aromatic rings. The van der Waals surface area contributed by atoms with Crippen molar-refractivity contribution in [2.45, 2.75) is 19.0 Å². The van der Waals surface area contributed by atoms with Gasteiger partial charge in [0.05, 0.1) is 17.7 Å². The molecule has 0 aliphatic heterocycles. The molecule has 2 rings (SSSR count). The van der Waals surface area contributed by atoms with Crippen molar-refractivity contribution in [3.05, 3.63) is 29.3 Å². The van der Waals surface area contributed by atoms with Gasteiger partial charge in [0.15, 0.2) is 0 Å². The predicted molar refractivity (Wildman–Crippen MR) is 58.9 cm³/mol. The molecule has 1 fully saturated rings. The lowest BCUT2D eigenvalue weighted by molar-refractivity contribution is -0.137. The smallest absolute Gasteiger partial charge is 0.416 e. The zero-order valence-electron chi connectivity index (χ0n) is 9.46. The van der Waals surface area contributed by atoms with Gasteiger partial charge in [0.2, 0.25) is 0 Å². The van der Waals surface area contributed by atoms with Crippen LogP contribution in [0.1, 0.15) is 28.8 Å². The van der Waals surface area contributed by atoms with Gasteiger partial charge in [-0.25, -0.2) is 4.79 Å². The zero-order chi connectivity index (χ0) is 13.3. The average molecular weight is 259 g/mol. The Bertz CT molecular complexity index is 467. The van der Waals surface area contributed by atoms with E-state index in [9.17, 15) is 18.0 Å². The summed E-state index contributed by atoms with van der Waals surface area (Å²) < 4.78 is 42.1. The van der Waals surface area contributed by atoms with Gasteiger partial charge in [0.25, 0.3) is 0 Å². The number of carbonyl (C=O) groups excluding carboxylic acids is 1. The maximum Gasteiger partial charge on any atom is 0.416 e. The summed E-state index contributed by atoms with van der Waals surface area (Å²) >= 11 is 0. The van der Waals surface area contributed by atoms with Gasteiger partial charge in [0.1, 0.15) is 0 Å². The molecule has 0 heterocycles. The van der Waals surface area contributed by atoms with E-state index in [1.54, 1.807) is 0 Å². The summed E-state index contributed by atoms with van der Waals surface area (Å²) in [6, 6.07) is 2.62. The minimum atomic E-state index is -4.47. The minimum absolute atomic E-state index is 0.0244. The highest BCUT2D eigenvalue weighted by atomic mass is 19.4. The number of ether oxygens (including phenoxy) is 1. The normalized spacial score (nSPS) is 15.5. The number of nitrogen functional groups attached to an aromatic ring is 1. The maximum atomic E-state index is 12.4. The van der Waals surface area contributed by atoms with Crippen molar-refractivity contribution in [3.63, 3.8) is 0 Å². The van der Waals surface area contributed by atoms with E-state index >= 15 is 0 Å². The SMILES string of the molecule is Nc1cc(C(F)(F)F)ccc1C(=O)OCC1CC1. The van der Waals surface area contributed by atoms with E-state index in [0.717, 1.165) is 31.0 Å². The molecule has 2 N–H and O–H groups in total. The third-order valence-electron chi connectivity index (χ3n) is 2.75. The van der Waals surface area contributed by atoms with E-state index in [2.05, 4.69) is 0 Å². The van der Waals surface area contributed by atoms with E-state index < -0.39 is 17.7 Å². The highest BCUT2D eigenvalue weighted by molar-refractivity contribution is 5.95. The molecule has 1 aliphatic rings. The summed E-state index contributed by atoms with van der Waals surface area (Å²) in [5, 5.41) is 0. The van der Waals surface area contributed by atoms with Crippen molar-refractivity contribution in [1.29, 1.82) is 0 Å². The fourth-order valence-corrected chi connectivity index (χ4v) is 1.48. The van der Waals surface area contributed by atoms with Crippen molar-refractivity contribution in [2.24, 2.45) is 5.92 Å². The maximum absolute atomic E-state index is 12.4. The summed E-state index contributed by atoms with van der Waals surface area (Å²) in [7, 11) is 0. The lowest BCUT2D eigenvalue weighted by Crippen LogP contribution is -2.12. The predicted octanol–water partition coefficient (Wildman–Crippen LogP) is 2.85. The molecule has 1 aromatic carbocycles. The highest BCUT2D eigenvalue weighted by Crippen LogP contribution is 2.32. The molecular formula is C12H12F3NO2. The third-order valence-corrected chi connectivity index (χ3v) is 2.75. The number of anilines is 1. The Morgan fingerprint density at radius 2 is 2.06 bits per heavy atom. The number of halogens is 3. The number of hydrogen-bond acceptors (Lipinski definition) is 3. The number of hydrogen-bond donors (Lipinski definition) is 1. The van der Waals surface area contributed by atoms with Crippen molar-refractivity contribution in [1.82, 2.24) is 0 Å². The Morgan fingerprint density at radius 1 is 1.39 bits per heavy atom. The number of carbonyl (C=O) groups is 1. The second-order valence-electron chi connectivity index (χ2n) is 4.34.